The number of hydrogen-bond acceptors (Lipinski definition) is 2. The molecule has 3 heterocycles. The molecule has 0 saturated carbocycles. The summed E-state index contributed by atoms with van der Waals surface area (Å²) < 4.78 is 18.9. The highest BCUT2D eigenvalue weighted by molar-refractivity contribution is 7.85. The van der Waals surface area contributed by atoms with Gasteiger partial charge in [-0.3, -0.25) is 0 Å². The zero-order valence-corrected chi connectivity index (χ0v) is 33.0. The molecule has 59 heavy (non-hydrogen) atoms. The van der Waals surface area contributed by atoms with E-state index in [-0.39, 0.29) is 0 Å². The van der Waals surface area contributed by atoms with E-state index in [2.05, 4.69) is 180 Å². The number of pyridine rings is 1. The lowest BCUT2D eigenvalue weighted by Crippen LogP contribution is -2.26. The maximum Gasteiger partial charge on any atom is 0.172 e. The lowest BCUT2D eigenvalue weighted by atomic mass is 9.98. The molecule has 10 aromatic rings. The van der Waals surface area contributed by atoms with Crippen molar-refractivity contribution in [3.8, 4) is 72.8 Å². The number of nitrogens with zero attached hydrogens (tertiary/aromatic N) is 2. The van der Waals surface area contributed by atoms with Crippen LogP contribution >= 0.6 is 7.14 Å². The molecule has 1 atom stereocenters. The minimum Gasteiger partial charge on any atom is -0.309 e. The van der Waals surface area contributed by atoms with Crippen LogP contribution in [0.1, 0.15) is 0 Å². The summed E-state index contributed by atoms with van der Waals surface area (Å²) in [5.74, 6) is 0. The molecule has 0 saturated heterocycles. The Bertz CT molecular complexity index is 3180. The highest BCUT2D eigenvalue weighted by Gasteiger charge is 2.40. The second-order valence-electron chi connectivity index (χ2n) is 15.0. The van der Waals surface area contributed by atoms with Crippen molar-refractivity contribution in [1.82, 2.24) is 9.55 Å². The molecule has 2 aromatic heterocycles. The van der Waals surface area contributed by atoms with Crippen molar-refractivity contribution in [2.45, 2.75) is 0 Å². The maximum atomic E-state index is 16.6. The molecule has 0 spiro atoms. The second-order valence-corrected chi connectivity index (χ2v) is 17.7. The van der Waals surface area contributed by atoms with Gasteiger partial charge in [0.25, 0.3) is 0 Å². The number of aromatic nitrogens is 2. The highest BCUT2D eigenvalue weighted by atomic mass is 31.2. The number of rotatable bonds is 6. The molecule has 11 rings (SSSR count). The molecular weight excluding hydrogens is 736 g/mol. The molecule has 3 nitrogen and oxygen atoms in total. The van der Waals surface area contributed by atoms with Gasteiger partial charge in [-0.05, 0) is 64.2 Å². The van der Waals surface area contributed by atoms with Gasteiger partial charge in [-0.25, -0.2) is 4.98 Å². The first-order valence-electron chi connectivity index (χ1n) is 20.0. The van der Waals surface area contributed by atoms with Gasteiger partial charge in [0.2, 0.25) is 0 Å². The standard InChI is InChI=1S/C55H37N2OP/c58-59(45-27-17-24-41(35-45)38-18-4-1-5-19-38)52-32-14-11-29-47(52)54-46-28-10-13-31-51(46)57(55(54)48-30-12-15-33-53(48)59)44-26-16-25-42(34-44)50-37-43(39-20-6-2-7-21-39)36-49(56-50)40-22-8-3-9-23-40/h1-37H. The Kier molecular flexibility index (Phi) is 8.43. The van der Waals surface area contributed by atoms with Gasteiger partial charge >= 0.3 is 0 Å². The smallest absolute Gasteiger partial charge is 0.172 e. The van der Waals surface area contributed by atoms with Crippen LogP contribution in [0.15, 0.2) is 224 Å². The Hall–Kier alpha value is -7.32. The van der Waals surface area contributed by atoms with Crippen LogP contribution in [0.25, 0.3) is 83.7 Å². The number of para-hydroxylation sites is 1. The summed E-state index contributed by atoms with van der Waals surface area (Å²) in [6, 6.07) is 78.0. The fourth-order valence-electron chi connectivity index (χ4n) is 8.90. The Labute approximate surface area is 343 Å². The first kappa shape index (κ1) is 34.9. The summed E-state index contributed by atoms with van der Waals surface area (Å²) in [6.45, 7) is 0. The zero-order valence-electron chi connectivity index (χ0n) is 32.1. The van der Waals surface area contributed by atoms with Crippen molar-refractivity contribution in [1.29, 1.82) is 0 Å². The number of benzene rings is 8. The van der Waals surface area contributed by atoms with Crippen LogP contribution in [-0.4, -0.2) is 9.55 Å². The van der Waals surface area contributed by atoms with Gasteiger partial charge < -0.3 is 9.13 Å². The zero-order chi connectivity index (χ0) is 39.3. The van der Waals surface area contributed by atoms with Gasteiger partial charge in [-0.1, -0.05) is 188 Å². The number of hydrogen-bond donors (Lipinski definition) is 0. The minimum absolute atomic E-state index is 0.820. The topological polar surface area (TPSA) is 34.9 Å². The van der Waals surface area contributed by atoms with Crippen molar-refractivity contribution in [2.75, 3.05) is 0 Å². The van der Waals surface area contributed by atoms with Gasteiger partial charge in [0, 0.05) is 49.2 Å². The highest BCUT2D eigenvalue weighted by Crippen LogP contribution is 2.54. The number of fused-ring (bicyclic) bond motifs is 7. The predicted molar refractivity (Wildman–Crippen MR) is 247 cm³/mol. The van der Waals surface area contributed by atoms with E-state index in [1.54, 1.807) is 0 Å². The predicted octanol–water partition coefficient (Wildman–Crippen LogP) is 13.0. The average Bonchev–Trinajstić information content (AvgIpc) is 3.63. The first-order chi connectivity index (χ1) is 29.1. The molecule has 0 N–H and O–H groups in total. The van der Waals surface area contributed by atoms with Crippen molar-refractivity contribution in [3.05, 3.63) is 224 Å². The summed E-state index contributed by atoms with van der Waals surface area (Å²) in [4.78, 5) is 5.29. The summed E-state index contributed by atoms with van der Waals surface area (Å²) in [5, 5.41) is 3.61. The van der Waals surface area contributed by atoms with E-state index < -0.39 is 7.14 Å². The Morgan fingerprint density at radius 3 is 1.64 bits per heavy atom. The van der Waals surface area contributed by atoms with Gasteiger partial charge in [-0.2, -0.15) is 0 Å². The molecule has 0 aliphatic carbocycles. The lowest BCUT2D eigenvalue weighted by molar-refractivity contribution is 0.592. The third kappa shape index (κ3) is 5.82. The third-order valence-corrected chi connectivity index (χ3v) is 14.7. The fraction of sp³-hybridized carbons (Fsp3) is 0. The van der Waals surface area contributed by atoms with Crippen molar-refractivity contribution in [3.63, 3.8) is 0 Å². The Morgan fingerprint density at radius 2 is 0.915 bits per heavy atom. The van der Waals surface area contributed by atoms with Gasteiger partial charge in [-0.15, -0.1) is 0 Å². The van der Waals surface area contributed by atoms with Gasteiger partial charge in [0.05, 0.1) is 22.6 Å². The molecule has 0 bridgehead atoms. The molecule has 8 aromatic carbocycles. The summed E-state index contributed by atoms with van der Waals surface area (Å²) in [7, 11) is -3.43. The normalized spacial score (nSPS) is 14.2. The lowest BCUT2D eigenvalue weighted by Gasteiger charge is -2.23. The van der Waals surface area contributed by atoms with Gasteiger partial charge in [0.1, 0.15) is 0 Å². The molecule has 1 unspecified atom stereocenters. The van der Waals surface area contributed by atoms with Crippen LogP contribution < -0.4 is 15.9 Å². The van der Waals surface area contributed by atoms with E-state index in [0.717, 1.165) is 99.7 Å². The van der Waals surface area contributed by atoms with Crippen LogP contribution in [-0.2, 0) is 4.57 Å². The van der Waals surface area contributed by atoms with E-state index in [9.17, 15) is 0 Å². The Balaban J connectivity index is 1.16. The first-order valence-corrected chi connectivity index (χ1v) is 21.7. The summed E-state index contributed by atoms with van der Waals surface area (Å²) in [6.07, 6.45) is 0. The van der Waals surface area contributed by atoms with Crippen LogP contribution in [0.5, 0.6) is 0 Å². The van der Waals surface area contributed by atoms with Crippen molar-refractivity contribution in [2.24, 2.45) is 0 Å². The van der Waals surface area contributed by atoms with Crippen LogP contribution in [0.3, 0.4) is 0 Å². The maximum absolute atomic E-state index is 16.6. The van der Waals surface area contributed by atoms with E-state index in [1.807, 2.05) is 48.5 Å². The largest absolute Gasteiger partial charge is 0.309 e. The third-order valence-electron chi connectivity index (χ3n) is 11.6. The Morgan fingerprint density at radius 1 is 0.390 bits per heavy atom. The van der Waals surface area contributed by atoms with E-state index in [1.165, 1.54) is 0 Å². The second kappa shape index (κ2) is 14.3. The molecule has 4 heteroatoms. The minimum atomic E-state index is -3.43. The molecular formula is C55H37N2OP. The molecule has 278 valence electrons. The van der Waals surface area contributed by atoms with E-state index >= 15 is 4.57 Å². The average molecular weight is 773 g/mol. The van der Waals surface area contributed by atoms with Crippen LogP contribution in [0.2, 0.25) is 0 Å². The molecule has 0 radical (unpaired) electrons. The fourth-order valence-corrected chi connectivity index (χ4v) is 12.0. The van der Waals surface area contributed by atoms with Crippen LogP contribution in [0.4, 0.5) is 0 Å². The van der Waals surface area contributed by atoms with E-state index in [4.69, 9.17) is 4.98 Å². The molecule has 1 aliphatic heterocycles. The van der Waals surface area contributed by atoms with Gasteiger partial charge in [0.15, 0.2) is 7.14 Å². The van der Waals surface area contributed by atoms with Crippen molar-refractivity contribution >= 4 is 34.0 Å². The quantitative estimate of drug-likeness (QED) is 0.158. The monoisotopic (exact) mass is 772 g/mol. The van der Waals surface area contributed by atoms with Crippen molar-refractivity contribution < 1.29 is 4.57 Å². The van der Waals surface area contributed by atoms with Crippen LogP contribution in [0, 0.1) is 0 Å². The SMILES string of the molecule is O=P1(c2cccc(-c3ccccc3)c2)c2ccccc2-c2c(n(-c3cccc(-c4cc(-c5ccccc5)cc(-c5ccccc5)n4)c3)c3ccccc23)-c2ccccc21. The molecule has 1 aliphatic rings. The summed E-state index contributed by atoms with van der Waals surface area (Å²) >= 11 is 0. The summed E-state index contributed by atoms with van der Waals surface area (Å²) in [5.41, 5.74) is 14.4. The van der Waals surface area contributed by atoms with E-state index in [0.29, 0.717) is 0 Å². The molecule has 0 fully saturated rings. The molecule has 0 amide bonds.